The van der Waals surface area contributed by atoms with Crippen molar-refractivity contribution in [3.8, 4) is 0 Å². The molecule has 16 heavy (non-hydrogen) atoms. The van der Waals surface area contributed by atoms with E-state index < -0.39 is 0 Å². The van der Waals surface area contributed by atoms with Crippen molar-refractivity contribution in [2.75, 3.05) is 38.7 Å². The summed E-state index contributed by atoms with van der Waals surface area (Å²) < 4.78 is 5.63. The minimum Gasteiger partial charge on any atom is -0.380 e. The Bertz CT molecular complexity index is 173. The van der Waals surface area contributed by atoms with Gasteiger partial charge in [0.15, 0.2) is 0 Å². The zero-order chi connectivity index (χ0) is 11.8. The quantitative estimate of drug-likeness (QED) is 0.507. The Hall–Kier alpha value is 0.210. The molecule has 0 radical (unpaired) electrons. The van der Waals surface area contributed by atoms with Crippen molar-refractivity contribution < 1.29 is 4.74 Å². The van der Waals surface area contributed by atoms with Gasteiger partial charge in [-0.05, 0) is 37.6 Å². The van der Waals surface area contributed by atoms with Gasteiger partial charge in [0.1, 0.15) is 0 Å². The van der Waals surface area contributed by atoms with E-state index in [1.165, 1.54) is 32.4 Å². The Kier molecular flexibility index (Phi) is 7.42. The second-order valence-electron chi connectivity index (χ2n) is 5.26. The molecule has 0 aliphatic carbocycles. The predicted octanol–water partition coefficient (Wildman–Crippen LogP) is 3.00. The first-order chi connectivity index (χ1) is 7.72. The van der Waals surface area contributed by atoms with Crippen molar-refractivity contribution in [1.29, 1.82) is 0 Å². The molecule has 0 aromatic heterocycles. The molecule has 0 bridgehead atoms. The third-order valence-corrected chi connectivity index (χ3v) is 3.34. The second-order valence-corrected chi connectivity index (χ2v) is 5.63. The summed E-state index contributed by atoms with van der Waals surface area (Å²) in [6.45, 7) is 9.70. The van der Waals surface area contributed by atoms with Crippen molar-refractivity contribution in [2.24, 2.45) is 11.8 Å². The summed E-state index contributed by atoms with van der Waals surface area (Å²) in [6, 6.07) is 0. The maximum atomic E-state index is 5.80. The Morgan fingerprint density at radius 2 is 2.25 bits per heavy atom. The summed E-state index contributed by atoms with van der Waals surface area (Å²) >= 11 is 5.80. The van der Waals surface area contributed by atoms with E-state index >= 15 is 0 Å². The van der Waals surface area contributed by atoms with Crippen LogP contribution in [0.25, 0.3) is 0 Å². The highest BCUT2D eigenvalue weighted by Gasteiger charge is 2.18. The maximum Gasteiger partial charge on any atom is 0.0593 e. The molecule has 0 N–H and O–H groups in total. The van der Waals surface area contributed by atoms with Crippen LogP contribution in [0.15, 0.2) is 0 Å². The first-order valence-electron chi connectivity index (χ1n) is 6.58. The van der Waals surface area contributed by atoms with Crippen LogP contribution in [0.2, 0.25) is 0 Å². The van der Waals surface area contributed by atoms with Gasteiger partial charge in [-0.3, -0.25) is 0 Å². The number of hydrogen-bond acceptors (Lipinski definition) is 2. The molecule has 1 aliphatic rings. The minimum atomic E-state index is 0.644. The molecular formula is C13H26ClNO. The number of halogens is 1. The van der Waals surface area contributed by atoms with E-state index in [4.69, 9.17) is 16.3 Å². The summed E-state index contributed by atoms with van der Waals surface area (Å²) in [5, 5.41) is 0. The molecule has 1 aliphatic heterocycles. The molecule has 96 valence electrons. The monoisotopic (exact) mass is 247 g/mol. The normalized spacial score (nSPS) is 22.9. The predicted molar refractivity (Wildman–Crippen MR) is 70.2 cm³/mol. The van der Waals surface area contributed by atoms with Crippen LogP contribution in [-0.2, 0) is 4.74 Å². The molecule has 1 fully saturated rings. The summed E-state index contributed by atoms with van der Waals surface area (Å²) in [6.07, 6.45) is 3.85. The number of ether oxygens (including phenoxy) is 1. The fraction of sp³-hybridized carbons (Fsp3) is 1.00. The number of rotatable bonds is 7. The van der Waals surface area contributed by atoms with Gasteiger partial charge >= 0.3 is 0 Å². The third-order valence-electron chi connectivity index (χ3n) is 3.12. The Morgan fingerprint density at radius 3 is 2.94 bits per heavy atom. The molecular weight excluding hydrogens is 222 g/mol. The average Bonchev–Trinajstić information content (AvgIpc) is 2.25. The fourth-order valence-corrected chi connectivity index (χ4v) is 2.57. The van der Waals surface area contributed by atoms with Gasteiger partial charge in [-0.15, -0.1) is 11.6 Å². The van der Waals surface area contributed by atoms with Gasteiger partial charge in [-0.25, -0.2) is 0 Å². The van der Waals surface area contributed by atoms with Gasteiger partial charge < -0.3 is 9.64 Å². The number of alkyl halides is 1. The Balaban J connectivity index is 2.07. The molecule has 2 nitrogen and oxygen atoms in total. The summed E-state index contributed by atoms with van der Waals surface area (Å²) in [4.78, 5) is 2.53. The third kappa shape index (κ3) is 6.07. The summed E-state index contributed by atoms with van der Waals surface area (Å²) in [5.74, 6) is 2.27. The molecule has 0 aromatic rings. The van der Waals surface area contributed by atoms with Crippen molar-refractivity contribution in [3.63, 3.8) is 0 Å². The zero-order valence-corrected chi connectivity index (χ0v) is 11.5. The van der Waals surface area contributed by atoms with Crippen LogP contribution in [0.5, 0.6) is 0 Å². The summed E-state index contributed by atoms with van der Waals surface area (Å²) in [7, 11) is 0. The summed E-state index contributed by atoms with van der Waals surface area (Å²) in [5.41, 5.74) is 0. The lowest BCUT2D eigenvalue weighted by molar-refractivity contribution is 0.0708. The smallest absolute Gasteiger partial charge is 0.0593 e. The van der Waals surface area contributed by atoms with Crippen molar-refractivity contribution >= 4 is 11.6 Å². The maximum absolute atomic E-state index is 5.80. The van der Waals surface area contributed by atoms with Crippen LogP contribution in [0.4, 0.5) is 0 Å². The number of likely N-dealkylation sites (tertiary alicyclic amines) is 1. The van der Waals surface area contributed by atoms with E-state index in [0.29, 0.717) is 5.92 Å². The minimum absolute atomic E-state index is 0.644. The van der Waals surface area contributed by atoms with E-state index in [0.717, 1.165) is 31.6 Å². The van der Waals surface area contributed by atoms with E-state index in [1.54, 1.807) is 0 Å². The van der Waals surface area contributed by atoms with Crippen molar-refractivity contribution in [1.82, 2.24) is 4.90 Å². The lowest BCUT2D eigenvalue weighted by atomic mass is 9.96. The molecule has 1 atom stereocenters. The Morgan fingerprint density at radius 1 is 1.44 bits per heavy atom. The van der Waals surface area contributed by atoms with E-state index in [2.05, 4.69) is 18.7 Å². The SMILES string of the molecule is CC(C)COCCN1CCCC(CCCl)C1. The highest BCUT2D eigenvalue weighted by Crippen LogP contribution is 2.19. The van der Waals surface area contributed by atoms with E-state index in [1.807, 2.05) is 0 Å². The second kappa shape index (κ2) is 8.32. The average molecular weight is 248 g/mol. The zero-order valence-electron chi connectivity index (χ0n) is 10.8. The van der Waals surface area contributed by atoms with Gasteiger partial charge in [-0.2, -0.15) is 0 Å². The first-order valence-corrected chi connectivity index (χ1v) is 7.12. The van der Waals surface area contributed by atoms with E-state index in [9.17, 15) is 0 Å². The van der Waals surface area contributed by atoms with Crippen LogP contribution in [-0.4, -0.2) is 43.6 Å². The molecule has 1 unspecified atom stereocenters. The van der Waals surface area contributed by atoms with Gasteiger partial charge in [0.05, 0.1) is 6.61 Å². The molecule has 3 heteroatoms. The highest BCUT2D eigenvalue weighted by molar-refractivity contribution is 6.17. The van der Waals surface area contributed by atoms with Gasteiger partial charge in [0, 0.05) is 25.6 Å². The molecule has 0 aromatic carbocycles. The lowest BCUT2D eigenvalue weighted by Crippen LogP contribution is -2.37. The highest BCUT2D eigenvalue weighted by atomic mass is 35.5. The molecule has 0 saturated carbocycles. The van der Waals surface area contributed by atoms with Crippen LogP contribution >= 0.6 is 11.6 Å². The standard InChI is InChI=1S/C13H26ClNO/c1-12(2)11-16-9-8-15-7-3-4-13(10-15)5-6-14/h12-13H,3-11H2,1-2H3. The van der Waals surface area contributed by atoms with Crippen LogP contribution in [0, 0.1) is 11.8 Å². The molecule has 1 rings (SSSR count). The fourth-order valence-electron chi connectivity index (χ4n) is 2.26. The Labute approximate surface area is 105 Å². The molecule has 1 heterocycles. The van der Waals surface area contributed by atoms with Gasteiger partial charge in [0.25, 0.3) is 0 Å². The van der Waals surface area contributed by atoms with Crippen LogP contribution < -0.4 is 0 Å². The molecule has 0 spiro atoms. The molecule has 0 amide bonds. The van der Waals surface area contributed by atoms with Crippen LogP contribution in [0.1, 0.15) is 33.1 Å². The topological polar surface area (TPSA) is 12.5 Å². The number of piperidine rings is 1. The van der Waals surface area contributed by atoms with Gasteiger partial charge in [0.2, 0.25) is 0 Å². The largest absolute Gasteiger partial charge is 0.380 e. The lowest BCUT2D eigenvalue weighted by Gasteiger charge is -2.32. The van der Waals surface area contributed by atoms with Crippen molar-refractivity contribution in [2.45, 2.75) is 33.1 Å². The molecule has 1 saturated heterocycles. The van der Waals surface area contributed by atoms with Gasteiger partial charge in [-0.1, -0.05) is 13.8 Å². The van der Waals surface area contributed by atoms with E-state index in [-0.39, 0.29) is 0 Å². The van der Waals surface area contributed by atoms with Crippen molar-refractivity contribution in [3.05, 3.63) is 0 Å². The van der Waals surface area contributed by atoms with Crippen LogP contribution in [0.3, 0.4) is 0 Å². The first kappa shape index (κ1) is 14.3. The number of nitrogens with zero attached hydrogens (tertiary/aromatic N) is 1. The number of hydrogen-bond donors (Lipinski definition) is 0.